The second kappa shape index (κ2) is 12.4. The van der Waals surface area contributed by atoms with Gasteiger partial charge in [0.2, 0.25) is 5.91 Å². The number of hydrogen-bond donors (Lipinski definition) is 1. The molecule has 9 heteroatoms. The van der Waals surface area contributed by atoms with E-state index in [1.807, 2.05) is 26.0 Å². The summed E-state index contributed by atoms with van der Waals surface area (Å²) in [7, 11) is 0. The van der Waals surface area contributed by atoms with Gasteiger partial charge in [0.25, 0.3) is 0 Å². The lowest BCUT2D eigenvalue weighted by Gasteiger charge is -2.11. The van der Waals surface area contributed by atoms with Crippen LogP contribution in [0.1, 0.15) is 43.6 Å². The SMILES string of the molecule is CCOC(=O)CNC(=O)/C=C/c1ccc(OCc2c(-c3c(Cl)cccc3Cl)noc2C(C)C)cc1. The number of amides is 1. The third kappa shape index (κ3) is 7.10. The van der Waals surface area contributed by atoms with Crippen LogP contribution in [0.25, 0.3) is 17.3 Å². The molecule has 0 atom stereocenters. The van der Waals surface area contributed by atoms with Crippen molar-refractivity contribution in [2.45, 2.75) is 33.3 Å². The topological polar surface area (TPSA) is 90.7 Å². The molecule has 1 amide bonds. The minimum atomic E-state index is -0.482. The summed E-state index contributed by atoms with van der Waals surface area (Å²) < 4.78 is 16.4. The van der Waals surface area contributed by atoms with Gasteiger partial charge in [-0.05, 0) is 42.8 Å². The van der Waals surface area contributed by atoms with E-state index < -0.39 is 11.9 Å². The van der Waals surface area contributed by atoms with Crippen LogP contribution in [0.4, 0.5) is 0 Å². The number of ether oxygens (including phenoxy) is 2. The Morgan fingerprint density at radius 3 is 2.43 bits per heavy atom. The Balaban J connectivity index is 1.68. The Kier molecular flexibility index (Phi) is 9.34. The molecule has 1 aromatic heterocycles. The first-order valence-electron chi connectivity index (χ1n) is 11.1. The Labute approximate surface area is 214 Å². The third-order valence-electron chi connectivity index (χ3n) is 4.95. The maximum atomic E-state index is 11.8. The van der Waals surface area contributed by atoms with Crippen molar-refractivity contribution < 1.29 is 23.6 Å². The maximum absolute atomic E-state index is 11.8. The number of carbonyl (C=O) groups excluding carboxylic acids is 2. The monoisotopic (exact) mass is 516 g/mol. The highest BCUT2D eigenvalue weighted by Crippen LogP contribution is 2.38. The van der Waals surface area contributed by atoms with Crippen molar-refractivity contribution >= 4 is 41.2 Å². The molecule has 0 bridgehead atoms. The molecule has 184 valence electrons. The van der Waals surface area contributed by atoms with Gasteiger partial charge in [0.15, 0.2) is 0 Å². The third-order valence-corrected chi connectivity index (χ3v) is 5.58. The molecular formula is C26H26Cl2N2O5. The average molecular weight is 517 g/mol. The molecule has 1 heterocycles. The van der Waals surface area contributed by atoms with Crippen molar-refractivity contribution in [3.63, 3.8) is 0 Å². The summed E-state index contributed by atoms with van der Waals surface area (Å²) in [5.41, 5.74) is 2.72. The number of benzene rings is 2. The average Bonchev–Trinajstić information content (AvgIpc) is 3.24. The highest BCUT2D eigenvalue weighted by atomic mass is 35.5. The lowest BCUT2D eigenvalue weighted by atomic mass is 10.0. The molecular weight excluding hydrogens is 491 g/mol. The summed E-state index contributed by atoms with van der Waals surface area (Å²) in [5.74, 6) is 0.533. The van der Waals surface area contributed by atoms with Crippen LogP contribution < -0.4 is 10.1 Å². The van der Waals surface area contributed by atoms with E-state index in [-0.39, 0.29) is 25.7 Å². The molecule has 0 spiro atoms. The molecule has 3 aromatic rings. The first kappa shape index (κ1) is 26.3. The molecule has 3 rings (SSSR count). The lowest BCUT2D eigenvalue weighted by Crippen LogP contribution is -2.29. The summed E-state index contributed by atoms with van der Waals surface area (Å²) >= 11 is 12.8. The summed E-state index contributed by atoms with van der Waals surface area (Å²) in [6.07, 6.45) is 2.99. The number of nitrogens with one attached hydrogen (secondary N) is 1. The molecule has 0 aliphatic carbocycles. The lowest BCUT2D eigenvalue weighted by molar-refractivity contribution is -0.143. The van der Waals surface area contributed by atoms with Gasteiger partial charge in [-0.25, -0.2) is 0 Å². The van der Waals surface area contributed by atoms with Crippen molar-refractivity contribution in [3.8, 4) is 17.0 Å². The number of esters is 1. The van der Waals surface area contributed by atoms with E-state index in [0.717, 1.165) is 11.1 Å². The summed E-state index contributed by atoms with van der Waals surface area (Å²) in [6, 6.07) is 12.5. The summed E-state index contributed by atoms with van der Waals surface area (Å²) in [5, 5.41) is 7.65. The molecule has 2 aromatic carbocycles. The van der Waals surface area contributed by atoms with Crippen molar-refractivity contribution in [2.75, 3.05) is 13.2 Å². The molecule has 35 heavy (non-hydrogen) atoms. The Morgan fingerprint density at radius 2 is 1.80 bits per heavy atom. The fourth-order valence-corrected chi connectivity index (χ4v) is 3.84. The smallest absolute Gasteiger partial charge is 0.325 e. The number of nitrogens with zero attached hydrogens (tertiary/aromatic N) is 1. The van der Waals surface area contributed by atoms with Crippen molar-refractivity contribution in [1.82, 2.24) is 10.5 Å². The van der Waals surface area contributed by atoms with Gasteiger partial charge in [-0.3, -0.25) is 9.59 Å². The zero-order valence-electron chi connectivity index (χ0n) is 19.6. The van der Waals surface area contributed by atoms with Crippen LogP contribution in [0.15, 0.2) is 53.1 Å². The summed E-state index contributed by atoms with van der Waals surface area (Å²) in [4.78, 5) is 23.1. The molecule has 0 saturated carbocycles. The minimum Gasteiger partial charge on any atom is -0.489 e. The highest BCUT2D eigenvalue weighted by molar-refractivity contribution is 6.39. The molecule has 0 aliphatic heterocycles. The van der Waals surface area contributed by atoms with Crippen molar-refractivity contribution in [2.24, 2.45) is 0 Å². The predicted octanol–water partition coefficient (Wildman–Crippen LogP) is 6.04. The molecule has 7 nitrogen and oxygen atoms in total. The van der Waals surface area contributed by atoms with Crippen LogP contribution in [0.2, 0.25) is 10.0 Å². The second-order valence-corrected chi connectivity index (χ2v) is 8.65. The predicted molar refractivity (Wildman–Crippen MR) is 135 cm³/mol. The van der Waals surface area contributed by atoms with Gasteiger partial charge in [0, 0.05) is 17.6 Å². The zero-order valence-corrected chi connectivity index (χ0v) is 21.2. The normalized spacial score (nSPS) is 11.1. The molecule has 0 saturated heterocycles. The van der Waals surface area contributed by atoms with E-state index in [0.29, 0.717) is 32.8 Å². The van der Waals surface area contributed by atoms with Crippen LogP contribution in [0.5, 0.6) is 5.75 Å². The van der Waals surface area contributed by atoms with Crippen LogP contribution >= 0.6 is 23.2 Å². The number of carbonyl (C=O) groups is 2. The second-order valence-electron chi connectivity index (χ2n) is 7.84. The van der Waals surface area contributed by atoms with Gasteiger partial charge >= 0.3 is 5.97 Å². The van der Waals surface area contributed by atoms with E-state index in [9.17, 15) is 9.59 Å². The molecule has 0 fully saturated rings. The number of aromatic nitrogens is 1. The first-order chi connectivity index (χ1) is 16.8. The van der Waals surface area contributed by atoms with Gasteiger partial charge in [-0.15, -0.1) is 0 Å². The Bertz CT molecular complexity index is 1180. The molecule has 0 unspecified atom stereocenters. The number of halogens is 2. The van der Waals surface area contributed by atoms with Crippen LogP contribution in [-0.2, 0) is 20.9 Å². The number of rotatable bonds is 10. The van der Waals surface area contributed by atoms with Crippen LogP contribution in [0, 0.1) is 0 Å². The van der Waals surface area contributed by atoms with E-state index >= 15 is 0 Å². The molecule has 0 aliphatic rings. The van der Waals surface area contributed by atoms with Gasteiger partial charge in [-0.1, -0.05) is 60.4 Å². The zero-order chi connectivity index (χ0) is 25.4. The van der Waals surface area contributed by atoms with E-state index in [2.05, 4.69) is 10.5 Å². The Hall–Kier alpha value is -3.29. The van der Waals surface area contributed by atoms with Crippen LogP contribution in [0.3, 0.4) is 0 Å². The molecule has 1 N–H and O–H groups in total. The maximum Gasteiger partial charge on any atom is 0.325 e. The van der Waals surface area contributed by atoms with Gasteiger partial charge < -0.3 is 19.3 Å². The fraction of sp³-hybridized carbons (Fsp3) is 0.269. The van der Waals surface area contributed by atoms with E-state index in [1.54, 1.807) is 43.3 Å². The standard InChI is InChI=1S/C26H26Cl2N2O5/c1-4-33-23(32)14-29-22(31)13-10-17-8-11-18(12-9-17)34-15-19-25(30-35-26(19)16(2)3)24-20(27)6-5-7-21(24)28/h5-13,16H,4,14-15H2,1-3H3,(H,29,31)/b13-10+. The summed E-state index contributed by atoms with van der Waals surface area (Å²) in [6.45, 7) is 6.02. The van der Waals surface area contributed by atoms with Gasteiger partial charge in [-0.2, -0.15) is 0 Å². The number of hydrogen-bond acceptors (Lipinski definition) is 6. The minimum absolute atomic E-state index is 0.0820. The van der Waals surface area contributed by atoms with Crippen LogP contribution in [-0.4, -0.2) is 30.2 Å². The van der Waals surface area contributed by atoms with Crippen molar-refractivity contribution in [1.29, 1.82) is 0 Å². The van der Waals surface area contributed by atoms with E-state index in [4.69, 9.17) is 37.2 Å². The fourth-order valence-electron chi connectivity index (χ4n) is 3.27. The van der Waals surface area contributed by atoms with Crippen molar-refractivity contribution in [3.05, 3.63) is 75.5 Å². The largest absolute Gasteiger partial charge is 0.489 e. The van der Waals surface area contributed by atoms with Gasteiger partial charge in [0.1, 0.15) is 30.4 Å². The highest BCUT2D eigenvalue weighted by Gasteiger charge is 2.23. The molecule has 0 radical (unpaired) electrons. The van der Waals surface area contributed by atoms with E-state index in [1.165, 1.54) is 6.08 Å². The quantitative estimate of drug-likeness (QED) is 0.260. The first-order valence-corrected chi connectivity index (χ1v) is 11.8. The van der Waals surface area contributed by atoms with Gasteiger partial charge in [0.05, 0.1) is 22.2 Å². The Morgan fingerprint density at radius 1 is 1.11 bits per heavy atom.